The first-order valence-corrected chi connectivity index (χ1v) is 17.4. The van der Waals surface area contributed by atoms with Crippen molar-refractivity contribution in [1.29, 1.82) is 0 Å². The van der Waals surface area contributed by atoms with Gasteiger partial charge in [-0.3, -0.25) is 19.2 Å². The molecule has 0 saturated heterocycles. The Balaban J connectivity index is 1.48. The van der Waals surface area contributed by atoms with Gasteiger partial charge in [-0.2, -0.15) is 5.10 Å². The Bertz CT molecular complexity index is 2250. The number of amides is 2. The zero-order chi connectivity index (χ0) is 36.5. The number of methoxy groups -OCH3 is 1. The Kier molecular flexibility index (Phi) is 8.75. The highest BCUT2D eigenvalue weighted by atomic mass is 32.1. The van der Waals surface area contributed by atoms with E-state index in [4.69, 9.17) is 14.8 Å². The maximum Gasteiger partial charge on any atom is 0.246 e. The predicted octanol–water partition coefficient (Wildman–Crippen LogP) is 7.01. The highest BCUT2D eigenvalue weighted by Gasteiger charge is 2.35. The zero-order valence-electron chi connectivity index (χ0n) is 29.1. The van der Waals surface area contributed by atoms with Crippen LogP contribution in [-0.2, 0) is 22.6 Å². The van der Waals surface area contributed by atoms with Gasteiger partial charge in [0.15, 0.2) is 0 Å². The summed E-state index contributed by atoms with van der Waals surface area (Å²) in [5.74, 6) is -2.71. The lowest BCUT2D eigenvalue weighted by Crippen LogP contribution is -2.48. The zero-order valence-corrected chi connectivity index (χ0v) is 29.9. The molecule has 0 fully saturated rings. The van der Waals surface area contributed by atoms with Crippen LogP contribution in [0.15, 0.2) is 54.4 Å². The van der Waals surface area contributed by atoms with E-state index in [1.165, 1.54) is 18.6 Å². The SMILES string of the molecule is C=CC(=O)N1C[C@H](C)n2nc(-c3nc(-c4ccc5c(c4)CN(C)[C@H](C(=O)N(C)C)C5)c4scc(F)c4c3-c3c(F)cc(F)cc3OC)cc2[C@H]1C. The maximum absolute atomic E-state index is 16.2. The monoisotopic (exact) mass is 714 g/mol. The molecular weight excluding hydrogens is 678 g/mol. The minimum atomic E-state index is -0.943. The van der Waals surface area contributed by atoms with Crippen LogP contribution in [0.25, 0.3) is 43.9 Å². The molecule has 51 heavy (non-hydrogen) atoms. The number of carbonyl (C=O) groups excluding carboxylic acids is 2. The molecule has 0 spiro atoms. The Hall–Kier alpha value is -5.01. The van der Waals surface area contributed by atoms with Crippen LogP contribution >= 0.6 is 11.3 Å². The van der Waals surface area contributed by atoms with E-state index >= 15 is 8.78 Å². The van der Waals surface area contributed by atoms with Crippen molar-refractivity contribution >= 4 is 33.2 Å². The number of pyridine rings is 1. The molecule has 0 radical (unpaired) electrons. The molecule has 2 aliphatic heterocycles. The third-order valence-corrected chi connectivity index (χ3v) is 10.9. The van der Waals surface area contributed by atoms with Gasteiger partial charge in [-0.05, 0) is 56.7 Å². The van der Waals surface area contributed by atoms with Crippen molar-refractivity contribution in [3.8, 4) is 39.5 Å². The highest BCUT2D eigenvalue weighted by molar-refractivity contribution is 7.17. The molecule has 0 unspecified atom stereocenters. The average Bonchev–Trinajstić information content (AvgIpc) is 3.73. The Labute approximate surface area is 297 Å². The second kappa shape index (κ2) is 13.0. The maximum atomic E-state index is 16.2. The first-order valence-electron chi connectivity index (χ1n) is 16.5. The molecule has 5 aromatic rings. The number of benzene rings is 2. The van der Waals surface area contributed by atoms with Crippen LogP contribution in [0.2, 0.25) is 0 Å². The van der Waals surface area contributed by atoms with Crippen LogP contribution in [0.1, 0.15) is 42.8 Å². The number of fused-ring (bicyclic) bond motifs is 3. The van der Waals surface area contributed by atoms with Crippen LogP contribution in [0.5, 0.6) is 5.75 Å². The number of halogens is 3. The molecule has 5 heterocycles. The Morgan fingerprint density at radius 3 is 2.51 bits per heavy atom. The molecule has 3 atom stereocenters. The molecule has 13 heteroatoms. The number of thiophene rings is 1. The van der Waals surface area contributed by atoms with E-state index in [-0.39, 0.29) is 57.9 Å². The van der Waals surface area contributed by atoms with Crippen LogP contribution in [0.4, 0.5) is 13.2 Å². The molecule has 0 saturated carbocycles. The molecule has 264 valence electrons. The number of nitrogens with zero attached hydrogens (tertiary/aromatic N) is 6. The largest absolute Gasteiger partial charge is 0.496 e. The first kappa shape index (κ1) is 34.4. The van der Waals surface area contributed by atoms with Gasteiger partial charge in [-0.1, -0.05) is 18.7 Å². The van der Waals surface area contributed by atoms with E-state index in [1.54, 1.807) is 30.0 Å². The number of hydrogen-bond acceptors (Lipinski definition) is 7. The van der Waals surface area contributed by atoms with Gasteiger partial charge < -0.3 is 14.5 Å². The van der Waals surface area contributed by atoms with E-state index in [9.17, 15) is 14.0 Å². The lowest BCUT2D eigenvalue weighted by Gasteiger charge is -2.36. The van der Waals surface area contributed by atoms with Gasteiger partial charge in [0, 0.05) is 61.2 Å². The summed E-state index contributed by atoms with van der Waals surface area (Å²) in [4.78, 5) is 36.1. The average molecular weight is 715 g/mol. The Morgan fingerprint density at radius 1 is 1.04 bits per heavy atom. The molecule has 3 aromatic heterocycles. The molecular formula is C38H37F3N6O3S. The molecule has 0 N–H and O–H groups in total. The summed E-state index contributed by atoms with van der Waals surface area (Å²) in [6.07, 6.45) is 1.81. The summed E-state index contributed by atoms with van der Waals surface area (Å²) in [7, 11) is 6.70. The van der Waals surface area contributed by atoms with E-state index in [0.717, 1.165) is 34.6 Å². The van der Waals surface area contributed by atoms with Gasteiger partial charge in [0.2, 0.25) is 11.8 Å². The van der Waals surface area contributed by atoms with Crippen LogP contribution in [0, 0.1) is 17.5 Å². The summed E-state index contributed by atoms with van der Waals surface area (Å²) in [6.45, 7) is 8.36. The van der Waals surface area contributed by atoms with Crippen LogP contribution in [0.3, 0.4) is 0 Å². The molecule has 9 nitrogen and oxygen atoms in total. The minimum absolute atomic E-state index is 0.0247. The minimum Gasteiger partial charge on any atom is -0.496 e. The standard InChI is InChI=1S/C38H37F3N6O3S/c1-8-31(48)46-16-19(2)47-28(20(46)3)15-27(43-47)36-34(32-25(40)13-24(39)14-30(32)50-7)33-26(41)18-51-37(33)35(42-36)22-10-9-21-12-29(38(49)44(4)5)45(6)17-23(21)11-22/h8-11,13-15,18-20,29H,1,12,16-17H2,2-7H3/t19-,20+,29-/m0/s1. The molecule has 2 aliphatic rings. The first-order chi connectivity index (χ1) is 24.3. The number of rotatable bonds is 6. The van der Waals surface area contributed by atoms with Crippen LogP contribution in [-0.4, -0.2) is 82.1 Å². The number of likely N-dealkylation sites (N-methyl/N-ethyl adjacent to an activating group) is 2. The quantitative estimate of drug-likeness (QED) is 0.176. The summed E-state index contributed by atoms with van der Waals surface area (Å²) in [5.41, 5.74) is 4.36. The smallest absolute Gasteiger partial charge is 0.246 e. The van der Waals surface area contributed by atoms with Gasteiger partial charge in [0.1, 0.15) is 34.6 Å². The van der Waals surface area contributed by atoms with E-state index < -0.39 is 17.5 Å². The fourth-order valence-corrected chi connectivity index (χ4v) is 8.29. The topological polar surface area (TPSA) is 83.8 Å². The molecule has 0 bridgehead atoms. The highest BCUT2D eigenvalue weighted by Crippen LogP contribution is 2.48. The van der Waals surface area contributed by atoms with Crippen molar-refractivity contribution in [2.24, 2.45) is 0 Å². The normalized spacial score (nSPS) is 18.8. The van der Waals surface area contributed by atoms with Crippen molar-refractivity contribution in [3.63, 3.8) is 0 Å². The summed E-state index contributed by atoms with van der Waals surface area (Å²) >= 11 is 1.14. The lowest BCUT2D eigenvalue weighted by atomic mass is 9.90. The summed E-state index contributed by atoms with van der Waals surface area (Å²) < 4.78 is 54.4. The van der Waals surface area contributed by atoms with Gasteiger partial charge in [0.25, 0.3) is 0 Å². The number of ether oxygens (including phenoxy) is 1. The van der Waals surface area contributed by atoms with E-state index in [2.05, 4.69) is 6.58 Å². The van der Waals surface area contributed by atoms with Crippen molar-refractivity contribution < 1.29 is 27.5 Å². The number of aromatic nitrogens is 3. The predicted molar refractivity (Wildman–Crippen MR) is 191 cm³/mol. The third kappa shape index (κ3) is 5.68. The molecule has 2 aromatic carbocycles. The number of carbonyl (C=O) groups is 2. The fourth-order valence-electron chi connectivity index (χ4n) is 7.36. The second-order valence-corrected chi connectivity index (χ2v) is 14.3. The van der Waals surface area contributed by atoms with Gasteiger partial charge in [0.05, 0.1) is 46.9 Å². The fraction of sp³-hybridized carbons (Fsp3) is 0.316. The number of hydrogen-bond donors (Lipinski definition) is 0. The van der Waals surface area contributed by atoms with Crippen molar-refractivity contribution in [1.82, 2.24) is 29.5 Å². The van der Waals surface area contributed by atoms with Gasteiger partial charge >= 0.3 is 0 Å². The molecule has 0 aliphatic carbocycles. The third-order valence-electron chi connectivity index (χ3n) is 9.97. The molecule has 7 rings (SSSR count). The van der Waals surface area contributed by atoms with Crippen LogP contribution < -0.4 is 4.74 Å². The summed E-state index contributed by atoms with van der Waals surface area (Å²) in [5, 5.41) is 6.38. The van der Waals surface area contributed by atoms with Crippen molar-refractivity contribution in [2.45, 2.75) is 44.9 Å². The van der Waals surface area contributed by atoms with Gasteiger partial charge in [-0.15, -0.1) is 11.3 Å². The van der Waals surface area contributed by atoms with Crippen molar-refractivity contribution in [2.75, 3.05) is 34.8 Å². The van der Waals surface area contributed by atoms with E-state index in [0.29, 0.717) is 46.9 Å². The Morgan fingerprint density at radius 2 is 1.80 bits per heavy atom. The summed E-state index contributed by atoms with van der Waals surface area (Å²) in [6, 6.07) is 8.57. The lowest BCUT2D eigenvalue weighted by molar-refractivity contribution is -0.134. The van der Waals surface area contributed by atoms with Gasteiger partial charge in [-0.25, -0.2) is 18.2 Å². The second-order valence-electron chi connectivity index (χ2n) is 13.4. The van der Waals surface area contributed by atoms with Crippen molar-refractivity contribution in [3.05, 3.63) is 88.7 Å². The molecule has 2 amide bonds. The van der Waals surface area contributed by atoms with E-state index in [1.807, 2.05) is 48.7 Å².